The van der Waals surface area contributed by atoms with Crippen LogP contribution >= 0.6 is 39.0 Å². The molecule has 0 nitrogen and oxygen atoms in total. The predicted octanol–water partition coefficient (Wildman–Crippen LogP) is 4.12. The Morgan fingerprint density at radius 1 is 1.42 bits per heavy atom. The Balaban J connectivity index is 2.13. The molecule has 1 aliphatic rings. The van der Waals surface area contributed by atoms with Crippen molar-refractivity contribution in [2.45, 2.75) is 18.8 Å². The summed E-state index contributed by atoms with van der Waals surface area (Å²) in [4.78, 5) is 0. The molecule has 0 spiro atoms. The lowest BCUT2D eigenvalue weighted by molar-refractivity contribution is 0.660. The Labute approximate surface area is 89.9 Å². The Hall–Kier alpha value is 0.530. The van der Waals surface area contributed by atoms with Crippen LogP contribution in [0.15, 0.2) is 15.2 Å². The maximum absolute atomic E-state index is 3.60. The first-order valence-electron chi connectivity index (χ1n) is 4.17. The lowest BCUT2D eigenvalue weighted by atomic mass is 9.99. The van der Waals surface area contributed by atoms with Gasteiger partial charge in [-0.3, -0.25) is 0 Å². The molecule has 12 heavy (non-hydrogen) atoms. The van der Waals surface area contributed by atoms with Crippen LogP contribution in [0.3, 0.4) is 0 Å². The zero-order valence-corrected chi connectivity index (χ0v) is 9.97. The average Bonchev–Trinajstić information content (AvgIpc) is 2.53. The Bertz CT molecular complexity index is 251. The number of halogens is 1. The van der Waals surface area contributed by atoms with Crippen LogP contribution in [0, 0.1) is 0 Å². The maximum atomic E-state index is 3.60. The van der Waals surface area contributed by atoms with Gasteiger partial charge in [0, 0.05) is 15.6 Å². The number of rotatable bonds is 1. The van der Waals surface area contributed by atoms with Crippen molar-refractivity contribution < 1.29 is 0 Å². The molecule has 0 N–H and O–H groups in total. The van der Waals surface area contributed by atoms with Gasteiger partial charge < -0.3 is 0 Å². The summed E-state index contributed by atoms with van der Waals surface area (Å²) in [5.41, 5.74) is 1.53. The Kier molecular flexibility index (Phi) is 3.15. The zero-order valence-electron chi connectivity index (χ0n) is 6.75. The van der Waals surface area contributed by atoms with Crippen molar-refractivity contribution >= 4 is 39.0 Å². The highest BCUT2D eigenvalue weighted by molar-refractivity contribution is 9.10. The third-order valence-corrected chi connectivity index (χ3v) is 5.21. The lowest BCUT2D eigenvalue weighted by Gasteiger charge is -2.20. The van der Waals surface area contributed by atoms with Crippen molar-refractivity contribution in [1.82, 2.24) is 0 Å². The van der Waals surface area contributed by atoms with Crippen LogP contribution in [-0.4, -0.2) is 11.5 Å². The molecule has 1 fully saturated rings. The van der Waals surface area contributed by atoms with Crippen LogP contribution in [0.1, 0.15) is 24.3 Å². The largest absolute Gasteiger partial charge is 0.161 e. The second-order valence-electron chi connectivity index (χ2n) is 3.09. The van der Waals surface area contributed by atoms with Crippen LogP contribution in [0.2, 0.25) is 0 Å². The maximum Gasteiger partial charge on any atom is 0.0317 e. The van der Waals surface area contributed by atoms with Crippen molar-refractivity contribution in [2.24, 2.45) is 0 Å². The standard InChI is InChI=1S/C9H11BrS2/c10-9-6-12-5-8(9)7-2-1-3-11-4-7/h5-7H,1-4H2. The van der Waals surface area contributed by atoms with Gasteiger partial charge in [0.25, 0.3) is 0 Å². The summed E-state index contributed by atoms with van der Waals surface area (Å²) in [5.74, 6) is 3.48. The summed E-state index contributed by atoms with van der Waals surface area (Å²) in [6, 6.07) is 0. The highest BCUT2D eigenvalue weighted by atomic mass is 79.9. The highest BCUT2D eigenvalue weighted by Gasteiger charge is 2.18. The normalized spacial score (nSPS) is 24.2. The molecule has 1 saturated heterocycles. The van der Waals surface area contributed by atoms with E-state index in [-0.39, 0.29) is 0 Å². The molecule has 1 aliphatic heterocycles. The molecular formula is C9H11BrS2. The molecule has 66 valence electrons. The fourth-order valence-electron chi connectivity index (χ4n) is 1.57. The number of hydrogen-bond donors (Lipinski definition) is 0. The van der Waals surface area contributed by atoms with E-state index in [9.17, 15) is 0 Å². The van der Waals surface area contributed by atoms with Gasteiger partial charge in [0.15, 0.2) is 0 Å². The van der Waals surface area contributed by atoms with Crippen molar-refractivity contribution in [3.8, 4) is 0 Å². The molecule has 3 heteroatoms. The molecule has 0 bridgehead atoms. The molecule has 0 aromatic carbocycles. The van der Waals surface area contributed by atoms with Gasteiger partial charge in [-0.05, 0) is 51.4 Å². The van der Waals surface area contributed by atoms with E-state index in [0.717, 1.165) is 5.92 Å². The molecule has 0 aliphatic carbocycles. The molecule has 1 aromatic heterocycles. The first-order valence-corrected chi connectivity index (χ1v) is 7.06. The summed E-state index contributed by atoms with van der Waals surface area (Å²) >= 11 is 7.50. The second-order valence-corrected chi connectivity index (χ2v) is 5.84. The van der Waals surface area contributed by atoms with Crippen LogP contribution in [0.4, 0.5) is 0 Å². The van der Waals surface area contributed by atoms with Crippen LogP contribution in [-0.2, 0) is 0 Å². The van der Waals surface area contributed by atoms with Crippen LogP contribution in [0.25, 0.3) is 0 Å². The predicted molar refractivity (Wildman–Crippen MR) is 61.3 cm³/mol. The zero-order chi connectivity index (χ0) is 8.39. The van der Waals surface area contributed by atoms with Crippen molar-refractivity contribution in [2.75, 3.05) is 11.5 Å². The van der Waals surface area contributed by atoms with Gasteiger partial charge in [0.1, 0.15) is 0 Å². The summed E-state index contributed by atoms with van der Waals surface area (Å²) < 4.78 is 1.32. The van der Waals surface area contributed by atoms with E-state index in [0.29, 0.717) is 0 Å². The highest BCUT2D eigenvalue weighted by Crippen LogP contribution is 2.36. The van der Waals surface area contributed by atoms with E-state index in [2.05, 4.69) is 38.5 Å². The van der Waals surface area contributed by atoms with Crippen LogP contribution in [0.5, 0.6) is 0 Å². The minimum Gasteiger partial charge on any atom is -0.161 e. The van der Waals surface area contributed by atoms with Gasteiger partial charge in [-0.1, -0.05) is 0 Å². The monoisotopic (exact) mass is 262 g/mol. The first-order chi connectivity index (χ1) is 5.88. The van der Waals surface area contributed by atoms with E-state index < -0.39 is 0 Å². The summed E-state index contributed by atoms with van der Waals surface area (Å²) in [7, 11) is 0. The van der Waals surface area contributed by atoms with E-state index >= 15 is 0 Å². The fraction of sp³-hybridized carbons (Fsp3) is 0.556. The summed E-state index contributed by atoms with van der Waals surface area (Å²) in [5, 5.41) is 4.48. The molecule has 2 rings (SSSR count). The quantitative estimate of drug-likeness (QED) is 0.734. The Morgan fingerprint density at radius 3 is 2.92 bits per heavy atom. The fourth-order valence-corrected chi connectivity index (χ4v) is 4.44. The molecule has 0 saturated carbocycles. The number of hydrogen-bond acceptors (Lipinski definition) is 2. The van der Waals surface area contributed by atoms with Gasteiger partial charge >= 0.3 is 0 Å². The molecular weight excluding hydrogens is 252 g/mol. The van der Waals surface area contributed by atoms with Gasteiger partial charge in [-0.25, -0.2) is 0 Å². The van der Waals surface area contributed by atoms with E-state index in [1.165, 1.54) is 34.4 Å². The minimum atomic E-state index is 0.810. The van der Waals surface area contributed by atoms with E-state index in [1.54, 1.807) is 11.3 Å². The lowest BCUT2D eigenvalue weighted by Crippen LogP contribution is -2.07. The summed E-state index contributed by atoms with van der Waals surface area (Å²) in [6.07, 6.45) is 2.76. The topological polar surface area (TPSA) is 0 Å². The third kappa shape index (κ3) is 1.88. The third-order valence-electron chi connectivity index (χ3n) is 2.24. The molecule has 1 unspecified atom stereocenters. The number of thioether (sulfide) groups is 1. The molecule has 1 atom stereocenters. The van der Waals surface area contributed by atoms with E-state index in [1.807, 2.05) is 0 Å². The first kappa shape index (κ1) is 9.10. The molecule has 0 amide bonds. The van der Waals surface area contributed by atoms with Gasteiger partial charge in [-0.2, -0.15) is 23.1 Å². The number of thiophene rings is 1. The molecule has 2 heterocycles. The molecule has 1 aromatic rings. The Morgan fingerprint density at radius 2 is 2.33 bits per heavy atom. The smallest absolute Gasteiger partial charge is 0.0317 e. The van der Waals surface area contributed by atoms with Crippen molar-refractivity contribution in [3.63, 3.8) is 0 Å². The van der Waals surface area contributed by atoms with Crippen molar-refractivity contribution in [3.05, 3.63) is 20.8 Å². The van der Waals surface area contributed by atoms with Crippen LogP contribution < -0.4 is 0 Å². The second kappa shape index (κ2) is 4.16. The van der Waals surface area contributed by atoms with E-state index in [4.69, 9.17) is 0 Å². The van der Waals surface area contributed by atoms with Gasteiger partial charge in [0.2, 0.25) is 0 Å². The van der Waals surface area contributed by atoms with Crippen molar-refractivity contribution in [1.29, 1.82) is 0 Å². The minimum absolute atomic E-state index is 0.810. The van der Waals surface area contributed by atoms with Gasteiger partial charge in [0.05, 0.1) is 0 Å². The SMILES string of the molecule is Brc1cscc1C1CCCSC1. The average molecular weight is 263 g/mol. The molecule has 0 radical (unpaired) electrons. The summed E-state index contributed by atoms with van der Waals surface area (Å²) in [6.45, 7) is 0. The van der Waals surface area contributed by atoms with Gasteiger partial charge in [-0.15, -0.1) is 0 Å².